The topological polar surface area (TPSA) is 108 Å². The fraction of sp³-hybridized carbons (Fsp3) is 0.333. The number of aryl methyl sites for hydroxylation is 1. The molecule has 0 aliphatic heterocycles. The Kier molecular flexibility index (Phi) is 7.30. The van der Waals surface area contributed by atoms with Crippen molar-refractivity contribution in [1.29, 1.82) is 0 Å². The highest BCUT2D eigenvalue weighted by atomic mass is 16.6. The van der Waals surface area contributed by atoms with E-state index in [9.17, 15) is 19.7 Å². The molecule has 0 saturated carbocycles. The van der Waals surface area contributed by atoms with Crippen LogP contribution in [0, 0.1) is 10.1 Å². The third-order valence-corrected chi connectivity index (χ3v) is 4.19. The molecule has 0 fully saturated rings. The van der Waals surface area contributed by atoms with Gasteiger partial charge in [-0.1, -0.05) is 36.4 Å². The number of benzene rings is 2. The van der Waals surface area contributed by atoms with Gasteiger partial charge in [0, 0.05) is 6.07 Å². The predicted molar refractivity (Wildman–Crippen MR) is 108 cm³/mol. The molecule has 1 N–H and O–H groups in total. The molecule has 2 aromatic rings. The molecule has 0 unspecified atom stereocenters. The third kappa shape index (κ3) is 6.31. The molecule has 8 heteroatoms. The van der Waals surface area contributed by atoms with Crippen molar-refractivity contribution < 1.29 is 24.0 Å². The van der Waals surface area contributed by atoms with Crippen LogP contribution in [0.15, 0.2) is 48.5 Å². The first-order chi connectivity index (χ1) is 13.7. The summed E-state index contributed by atoms with van der Waals surface area (Å²) in [6.07, 6.45) is 0.357. The van der Waals surface area contributed by atoms with E-state index in [1.807, 2.05) is 30.3 Å². The molecule has 0 heterocycles. The summed E-state index contributed by atoms with van der Waals surface area (Å²) in [4.78, 5) is 35.2. The van der Waals surface area contributed by atoms with Crippen molar-refractivity contribution >= 4 is 23.4 Å². The van der Waals surface area contributed by atoms with E-state index in [1.54, 1.807) is 20.8 Å². The van der Waals surface area contributed by atoms with Crippen LogP contribution in [0.5, 0.6) is 0 Å². The van der Waals surface area contributed by atoms with Crippen molar-refractivity contribution in [3.05, 3.63) is 69.8 Å². The molecule has 0 radical (unpaired) electrons. The van der Waals surface area contributed by atoms with Gasteiger partial charge in [0.05, 0.1) is 17.1 Å². The van der Waals surface area contributed by atoms with Gasteiger partial charge in [-0.3, -0.25) is 15.4 Å². The first-order valence-corrected chi connectivity index (χ1v) is 9.22. The molecular weight excluding hydrogens is 376 g/mol. The highest BCUT2D eigenvalue weighted by Crippen LogP contribution is 2.30. The molecule has 2 rings (SSSR count). The van der Waals surface area contributed by atoms with Gasteiger partial charge in [-0.05, 0) is 45.2 Å². The number of hydrogen-bond donors (Lipinski definition) is 1. The third-order valence-electron chi connectivity index (χ3n) is 4.19. The number of nitrogens with zero attached hydrogens (tertiary/aromatic N) is 1. The van der Waals surface area contributed by atoms with Gasteiger partial charge in [-0.2, -0.15) is 0 Å². The van der Waals surface area contributed by atoms with E-state index in [0.29, 0.717) is 12.8 Å². The second-order valence-corrected chi connectivity index (χ2v) is 6.94. The largest absolute Gasteiger partial charge is 0.462 e. The molecule has 0 bridgehead atoms. The SMILES string of the molecule is CCOC(=O)c1cccc([N+](=O)[O-])c1NC(=O)OC(C)(C)CCc1ccccc1. The first-order valence-electron chi connectivity index (χ1n) is 9.22. The van der Waals surface area contributed by atoms with Crippen molar-refractivity contribution in [1.82, 2.24) is 0 Å². The maximum absolute atomic E-state index is 12.4. The summed E-state index contributed by atoms with van der Waals surface area (Å²) in [5, 5.41) is 13.7. The number of anilines is 1. The number of esters is 1. The number of rotatable bonds is 8. The minimum atomic E-state index is -0.886. The molecule has 154 valence electrons. The van der Waals surface area contributed by atoms with E-state index in [2.05, 4.69) is 5.32 Å². The maximum Gasteiger partial charge on any atom is 0.412 e. The van der Waals surface area contributed by atoms with E-state index in [4.69, 9.17) is 9.47 Å². The molecule has 0 saturated heterocycles. The summed E-state index contributed by atoms with van der Waals surface area (Å²) in [7, 11) is 0. The minimum absolute atomic E-state index is 0.0952. The Balaban J connectivity index is 2.14. The van der Waals surface area contributed by atoms with Crippen LogP contribution in [0.2, 0.25) is 0 Å². The second kappa shape index (κ2) is 9.68. The molecule has 0 atom stereocenters. The van der Waals surface area contributed by atoms with Crippen LogP contribution < -0.4 is 5.32 Å². The molecule has 8 nitrogen and oxygen atoms in total. The number of ether oxygens (including phenoxy) is 2. The highest BCUT2D eigenvalue weighted by Gasteiger charge is 2.28. The summed E-state index contributed by atoms with van der Waals surface area (Å²) in [5.41, 5.74) is -0.504. The monoisotopic (exact) mass is 400 g/mol. The molecule has 0 aliphatic carbocycles. The predicted octanol–water partition coefficient (Wildman–Crippen LogP) is 4.73. The Morgan fingerprint density at radius 2 is 1.79 bits per heavy atom. The summed E-state index contributed by atoms with van der Waals surface area (Å²) < 4.78 is 10.4. The van der Waals surface area contributed by atoms with Crippen molar-refractivity contribution in [2.45, 2.75) is 39.2 Å². The standard InChI is InChI=1S/C21H24N2O6/c1-4-28-19(24)16-11-8-12-17(23(26)27)18(16)22-20(25)29-21(2,3)14-13-15-9-6-5-7-10-15/h5-12H,4,13-14H2,1-3H3,(H,22,25). The van der Waals surface area contributed by atoms with E-state index in [1.165, 1.54) is 18.2 Å². The van der Waals surface area contributed by atoms with Crippen LogP contribution in [-0.4, -0.2) is 29.2 Å². The number of para-hydroxylation sites is 1. The van der Waals surface area contributed by atoms with E-state index in [0.717, 1.165) is 5.56 Å². The number of nitrogens with one attached hydrogen (secondary N) is 1. The number of hydrogen-bond acceptors (Lipinski definition) is 6. The van der Waals surface area contributed by atoms with Gasteiger partial charge in [-0.25, -0.2) is 9.59 Å². The van der Waals surface area contributed by atoms with Crippen LogP contribution in [0.3, 0.4) is 0 Å². The molecular formula is C21H24N2O6. The molecule has 0 spiro atoms. The second-order valence-electron chi connectivity index (χ2n) is 6.94. The van der Waals surface area contributed by atoms with Crippen LogP contribution in [0.4, 0.5) is 16.2 Å². The van der Waals surface area contributed by atoms with Crippen LogP contribution >= 0.6 is 0 Å². The van der Waals surface area contributed by atoms with E-state index in [-0.39, 0.29) is 17.9 Å². The lowest BCUT2D eigenvalue weighted by atomic mass is 9.99. The smallest absolute Gasteiger partial charge is 0.412 e. The molecule has 0 aromatic heterocycles. The quantitative estimate of drug-likeness (QED) is 0.390. The van der Waals surface area contributed by atoms with Gasteiger partial charge in [-0.15, -0.1) is 0 Å². The average molecular weight is 400 g/mol. The Morgan fingerprint density at radius 1 is 1.10 bits per heavy atom. The summed E-state index contributed by atoms with van der Waals surface area (Å²) in [6, 6.07) is 13.6. The molecule has 1 amide bonds. The van der Waals surface area contributed by atoms with Crippen molar-refractivity contribution in [3.63, 3.8) is 0 Å². The number of nitro groups is 1. The molecule has 0 aliphatic rings. The van der Waals surface area contributed by atoms with Crippen LogP contribution in [0.25, 0.3) is 0 Å². The summed E-state index contributed by atoms with van der Waals surface area (Å²) in [5.74, 6) is -0.769. The van der Waals surface area contributed by atoms with Gasteiger partial charge in [0.1, 0.15) is 11.3 Å². The Bertz CT molecular complexity index is 880. The summed E-state index contributed by atoms with van der Waals surface area (Å²) >= 11 is 0. The fourth-order valence-electron chi connectivity index (χ4n) is 2.72. The lowest BCUT2D eigenvalue weighted by Gasteiger charge is -2.25. The Hall–Kier alpha value is -3.42. The van der Waals surface area contributed by atoms with Crippen molar-refractivity contribution in [2.24, 2.45) is 0 Å². The average Bonchev–Trinajstić information content (AvgIpc) is 2.67. The van der Waals surface area contributed by atoms with Crippen LogP contribution in [-0.2, 0) is 15.9 Å². The fourth-order valence-corrected chi connectivity index (χ4v) is 2.72. The highest BCUT2D eigenvalue weighted by molar-refractivity contribution is 6.02. The first kappa shape index (κ1) is 21.9. The van der Waals surface area contributed by atoms with Gasteiger partial charge >= 0.3 is 12.1 Å². The van der Waals surface area contributed by atoms with Gasteiger partial charge < -0.3 is 9.47 Å². The minimum Gasteiger partial charge on any atom is -0.462 e. The number of nitro benzene ring substituents is 1. The zero-order valence-electron chi connectivity index (χ0n) is 16.6. The molecule has 2 aromatic carbocycles. The Labute approximate surface area is 169 Å². The zero-order valence-corrected chi connectivity index (χ0v) is 16.6. The lowest BCUT2D eigenvalue weighted by molar-refractivity contribution is -0.384. The van der Waals surface area contributed by atoms with E-state index < -0.39 is 28.3 Å². The maximum atomic E-state index is 12.4. The van der Waals surface area contributed by atoms with Gasteiger partial charge in [0.25, 0.3) is 5.69 Å². The van der Waals surface area contributed by atoms with Crippen molar-refractivity contribution in [3.8, 4) is 0 Å². The molecule has 29 heavy (non-hydrogen) atoms. The van der Waals surface area contributed by atoms with Crippen LogP contribution in [0.1, 0.15) is 43.1 Å². The van der Waals surface area contributed by atoms with E-state index >= 15 is 0 Å². The number of carbonyl (C=O) groups is 2. The number of amides is 1. The lowest BCUT2D eigenvalue weighted by Crippen LogP contribution is -2.31. The Morgan fingerprint density at radius 3 is 2.41 bits per heavy atom. The number of carbonyl (C=O) groups excluding carboxylic acids is 2. The van der Waals surface area contributed by atoms with Gasteiger partial charge in [0.15, 0.2) is 0 Å². The zero-order chi connectivity index (χ0) is 21.4. The summed E-state index contributed by atoms with van der Waals surface area (Å²) in [6.45, 7) is 5.21. The van der Waals surface area contributed by atoms with Gasteiger partial charge in [0.2, 0.25) is 0 Å². The normalized spacial score (nSPS) is 10.9. The van der Waals surface area contributed by atoms with Crippen molar-refractivity contribution in [2.75, 3.05) is 11.9 Å².